The van der Waals surface area contributed by atoms with Gasteiger partial charge in [-0.25, -0.2) is 13.4 Å². The Bertz CT molecular complexity index is 1170. The zero-order chi connectivity index (χ0) is 24.4. The van der Waals surface area contributed by atoms with Crippen LogP contribution in [0.5, 0.6) is 0 Å². The van der Waals surface area contributed by atoms with E-state index in [0.29, 0.717) is 11.6 Å². The van der Waals surface area contributed by atoms with Crippen molar-refractivity contribution in [3.8, 4) is 0 Å². The summed E-state index contributed by atoms with van der Waals surface area (Å²) in [6.45, 7) is 1.97. The summed E-state index contributed by atoms with van der Waals surface area (Å²) >= 11 is 6.31. The number of rotatable bonds is 6. The van der Waals surface area contributed by atoms with Crippen LogP contribution < -0.4 is 10.2 Å². The number of aromatic nitrogens is 1. The number of alkyl halides is 3. The lowest BCUT2D eigenvalue weighted by Crippen LogP contribution is -2.34. The van der Waals surface area contributed by atoms with Crippen LogP contribution in [0.1, 0.15) is 47.4 Å². The van der Waals surface area contributed by atoms with Gasteiger partial charge in [0.2, 0.25) is 0 Å². The molecule has 1 aromatic carbocycles. The van der Waals surface area contributed by atoms with Crippen molar-refractivity contribution in [2.24, 2.45) is 0 Å². The summed E-state index contributed by atoms with van der Waals surface area (Å²) in [5.41, 5.74) is -0.884. The van der Waals surface area contributed by atoms with Crippen molar-refractivity contribution in [2.45, 2.75) is 38.0 Å². The summed E-state index contributed by atoms with van der Waals surface area (Å²) in [4.78, 5) is 18.2. The maximum Gasteiger partial charge on any atom is 0.418 e. The van der Waals surface area contributed by atoms with Crippen molar-refractivity contribution >= 4 is 33.0 Å². The van der Waals surface area contributed by atoms with E-state index in [-0.39, 0.29) is 11.7 Å². The molecule has 0 aliphatic carbocycles. The molecule has 1 fully saturated rings. The number of amides is 1. The molecular weight excluding hydrogens is 479 g/mol. The molecule has 33 heavy (non-hydrogen) atoms. The monoisotopic (exact) mass is 501 g/mol. The minimum atomic E-state index is -4.82. The normalized spacial score (nSPS) is 18.0. The van der Waals surface area contributed by atoms with Crippen LogP contribution in [0, 0.1) is 0 Å². The molecule has 0 saturated carbocycles. The number of sulfone groups is 1. The van der Waals surface area contributed by atoms with Gasteiger partial charge in [-0.2, -0.15) is 13.2 Å². The molecule has 1 amide bonds. The fraction of sp³-hybridized carbons (Fsp3) is 0.364. The number of carbonyl (C=O) groups is 1. The lowest BCUT2D eigenvalue weighted by atomic mass is 10.0. The number of nitrogens with one attached hydrogen (secondary N) is 1. The topological polar surface area (TPSA) is 79.4 Å². The Morgan fingerprint density at radius 3 is 2.67 bits per heavy atom. The summed E-state index contributed by atoms with van der Waals surface area (Å²) in [7, 11) is -3.44. The average Bonchev–Trinajstić information content (AvgIpc) is 3.20. The molecule has 6 nitrogen and oxygen atoms in total. The Hall–Kier alpha value is -2.59. The van der Waals surface area contributed by atoms with Gasteiger partial charge in [-0.3, -0.25) is 4.79 Å². The molecule has 2 atom stereocenters. The van der Waals surface area contributed by atoms with Crippen molar-refractivity contribution in [3.63, 3.8) is 0 Å². The van der Waals surface area contributed by atoms with Gasteiger partial charge in [-0.15, -0.1) is 0 Å². The number of anilines is 1. The Labute approximate surface area is 195 Å². The Kier molecular flexibility index (Phi) is 7.38. The number of pyridine rings is 1. The molecule has 0 unspecified atom stereocenters. The number of hydrogen-bond donors (Lipinski definition) is 1. The zero-order valence-electron chi connectivity index (χ0n) is 17.9. The molecule has 178 valence electrons. The quantitative estimate of drug-likeness (QED) is 0.616. The van der Waals surface area contributed by atoms with E-state index in [1.807, 2.05) is 17.0 Å². The maximum atomic E-state index is 13.8. The Morgan fingerprint density at radius 2 is 2.03 bits per heavy atom. The van der Waals surface area contributed by atoms with Gasteiger partial charge in [0.25, 0.3) is 5.91 Å². The smallest absolute Gasteiger partial charge is 0.363 e. The first kappa shape index (κ1) is 25.0. The highest BCUT2D eigenvalue weighted by molar-refractivity contribution is 7.93. The third-order valence-electron chi connectivity index (χ3n) is 5.22. The average molecular weight is 502 g/mol. The predicted molar refractivity (Wildman–Crippen MR) is 121 cm³/mol. The molecule has 1 saturated heterocycles. The molecule has 3 rings (SSSR count). The summed E-state index contributed by atoms with van der Waals surface area (Å²) in [6, 6.07) is 7.09. The summed E-state index contributed by atoms with van der Waals surface area (Å²) in [6.07, 6.45) is 0.0558. The SMILES string of the molecule is C[C@H](/C=C/S(C)(=O)=O)NC(=O)c1ncc(N2CCC[C@H]2c2ccccc2Cl)cc1C(F)(F)F. The number of hydrogen-bond acceptors (Lipinski definition) is 5. The number of carbonyl (C=O) groups excluding carboxylic acids is 1. The maximum absolute atomic E-state index is 13.8. The first-order chi connectivity index (χ1) is 15.4. The second kappa shape index (κ2) is 9.72. The van der Waals surface area contributed by atoms with Crippen LogP contribution in [0.2, 0.25) is 5.02 Å². The van der Waals surface area contributed by atoms with Crippen molar-refractivity contribution in [3.05, 3.63) is 69.9 Å². The van der Waals surface area contributed by atoms with Crippen molar-refractivity contribution in [2.75, 3.05) is 17.7 Å². The zero-order valence-corrected chi connectivity index (χ0v) is 19.5. The molecule has 1 aromatic heterocycles. The van der Waals surface area contributed by atoms with Crippen LogP contribution in [0.4, 0.5) is 18.9 Å². The third-order valence-corrected chi connectivity index (χ3v) is 6.21. The van der Waals surface area contributed by atoms with E-state index in [1.165, 1.54) is 19.2 Å². The van der Waals surface area contributed by atoms with Gasteiger partial charge in [0.1, 0.15) is 5.69 Å². The van der Waals surface area contributed by atoms with Crippen molar-refractivity contribution in [1.29, 1.82) is 0 Å². The van der Waals surface area contributed by atoms with Crippen molar-refractivity contribution in [1.82, 2.24) is 10.3 Å². The highest BCUT2D eigenvalue weighted by atomic mass is 35.5. The van der Waals surface area contributed by atoms with E-state index in [9.17, 15) is 26.4 Å². The molecule has 11 heteroatoms. The van der Waals surface area contributed by atoms with Gasteiger partial charge in [-0.05, 0) is 37.5 Å². The van der Waals surface area contributed by atoms with Gasteiger partial charge >= 0.3 is 6.18 Å². The van der Waals surface area contributed by atoms with Crippen LogP contribution in [0.3, 0.4) is 0 Å². The number of halogens is 4. The Balaban J connectivity index is 1.92. The van der Waals surface area contributed by atoms with Gasteiger partial charge in [-0.1, -0.05) is 35.9 Å². The molecule has 1 aliphatic rings. The first-order valence-corrected chi connectivity index (χ1v) is 12.5. The fourth-order valence-corrected chi connectivity index (χ4v) is 4.52. The van der Waals surface area contributed by atoms with Crippen molar-refractivity contribution < 1.29 is 26.4 Å². The number of nitrogens with zero attached hydrogens (tertiary/aromatic N) is 2. The van der Waals surface area contributed by atoms with Crippen LogP contribution in [0.25, 0.3) is 0 Å². The van der Waals surface area contributed by atoms with Gasteiger partial charge in [0.05, 0.1) is 23.5 Å². The first-order valence-electron chi connectivity index (χ1n) is 10.1. The van der Waals surface area contributed by atoms with Gasteiger partial charge in [0.15, 0.2) is 9.84 Å². The van der Waals surface area contributed by atoms with Crippen LogP contribution in [0.15, 0.2) is 48.0 Å². The lowest BCUT2D eigenvalue weighted by Gasteiger charge is -2.28. The molecule has 0 bridgehead atoms. The van der Waals surface area contributed by atoms with E-state index in [0.717, 1.165) is 36.1 Å². The molecule has 2 heterocycles. The minimum absolute atomic E-state index is 0.206. The third kappa shape index (κ3) is 6.26. The van der Waals surface area contributed by atoms with Crippen LogP contribution in [-0.2, 0) is 16.0 Å². The predicted octanol–water partition coefficient (Wildman–Crippen LogP) is 4.77. The standard InChI is InChI=1S/C22H23ClF3N3O3S/c1-14(9-11-33(2,31)32)28-21(30)20-17(22(24,25)26)12-15(13-27-20)29-10-5-8-19(29)16-6-3-4-7-18(16)23/h3-4,6-7,9,11-14,19H,5,8,10H2,1-2H3,(H,28,30)/b11-9+/t14-,19+/m1/s1. The molecule has 1 N–H and O–H groups in total. The largest absolute Gasteiger partial charge is 0.418 e. The fourth-order valence-electron chi connectivity index (χ4n) is 3.74. The number of benzene rings is 1. The summed E-state index contributed by atoms with van der Waals surface area (Å²) < 4.78 is 64.0. The second-order valence-electron chi connectivity index (χ2n) is 7.88. The summed E-state index contributed by atoms with van der Waals surface area (Å²) in [5, 5.41) is 3.74. The van der Waals surface area contributed by atoms with E-state index in [1.54, 1.807) is 12.1 Å². The van der Waals surface area contributed by atoms with Gasteiger partial charge < -0.3 is 10.2 Å². The highest BCUT2D eigenvalue weighted by Gasteiger charge is 2.38. The van der Waals surface area contributed by atoms with E-state index in [2.05, 4.69) is 10.3 Å². The highest BCUT2D eigenvalue weighted by Crippen LogP contribution is 2.41. The summed E-state index contributed by atoms with van der Waals surface area (Å²) in [5.74, 6) is -1.05. The van der Waals surface area contributed by atoms with E-state index in [4.69, 9.17) is 11.6 Å². The van der Waals surface area contributed by atoms with E-state index >= 15 is 0 Å². The minimum Gasteiger partial charge on any atom is -0.363 e. The second-order valence-corrected chi connectivity index (χ2v) is 10.2. The molecule has 0 radical (unpaired) electrons. The lowest BCUT2D eigenvalue weighted by molar-refractivity contribution is -0.138. The van der Waals surface area contributed by atoms with Crippen LogP contribution in [-0.4, -0.2) is 38.2 Å². The molecule has 0 spiro atoms. The Morgan fingerprint density at radius 1 is 1.33 bits per heavy atom. The molecule has 2 aromatic rings. The van der Waals surface area contributed by atoms with E-state index < -0.39 is 39.2 Å². The molecule has 1 aliphatic heterocycles. The van der Waals surface area contributed by atoms with Gasteiger partial charge in [0, 0.05) is 29.3 Å². The van der Waals surface area contributed by atoms with Crippen LogP contribution >= 0.6 is 11.6 Å². The molecular formula is C22H23ClF3N3O3S.